The molecule has 0 spiro atoms. The molecular weight excluding hydrogens is 430 g/mol. The second-order valence-corrected chi connectivity index (χ2v) is 7.46. The molecule has 0 unspecified atom stereocenters. The van der Waals surface area contributed by atoms with Crippen molar-refractivity contribution in [1.29, 1.82) is 0 Å². The molecule has 1 atom stereocenters. The number of hydrogen-bond acceptors (Lipinski definition) is 5. The van der Waals surface area contributed by atoms with Crippen molar-refractivity contribution < 1.29 is 27.1 Å². The fourth-order valence-electron chi connectivity index (χ4n) is 3.88. The number of benzene rings is 2. The maximum absolute atomic E-state index is 14.8. The number of anilines is 1. The fourth-order valence-corrected chi connectivity index (χ4v) is 3.88. The molecule has 0 bridgehead atoms. The highest BCUT2D eigenvalue weighted by Gasteiger charge is 2.36. The molecule has 2 aromatic heterocycles. The number of ether oxygens (including phenoxy) is 1. The third-order valence-corrected chi connectivity index (χ3v) is 5.58. The van der Waals surface area contributed by atoms with Crippen molar-refractivity contribution >= 4 is 28.3 Å². The molecule has 0 radical (unpaired) electrons. The normalized spacial score (nSPS) is 15.7. The first-order valence-corrected chi connectivity index (χ1v) is 9.47. The third kappa shape index (κ3) is 3.00. The summed E-state index contributed by atoms with van der Waals surface area (Å²) in [4.78, 5) is 22.6. The van der Waals surface area contributed by atoms with Crippen molar-refractivity contribution in [3.05, 3.63) is 65.4 Å². The second kappa shape index (κ2) is 6.81. The summed E-state index contributed by atoms with van der Waals surface area (Å²) in [7, 11) is 1.45. The number of rotatable bonds is 2. The van der Waals surface area contributed by atoms with E-state index in [0.717, 1.165) is 18.2 Å². The lowest BCUT2D eigenvalue weighted by Crippen LogP contribution is -2.32. The zero-order valence-electron chi connectivity index (χ0n) is 16.5. The van der Waals surface area contributed by atoms with Crippen molar-refractivity contribution in [2.24, 2.45) is 0 Å². The van der Waals surface area contributed by atoms with Crippen molar-refractivity contribution in [2.45, 2.75) is 12.2 Å². The quantitative estimate of drug-likeness (QED) is 0.474. The first-order chi connectivity index (χ1) is 15.1. The highest BCUT2D eigenvalue weighted by atomic mass is 19.4. The molecule has 1 amide bonds. The molecule has 5 rings (SSSR count). The van der Waals surface area contributed by atoms with Crippen molar-refractivity contribution in [2.75, 3.05) is 19.4 Å². The van der Waals surface area contributed by atoms with Crippen LogP contribution in [0.4, 0.5) is 23.4 Å². The smallest absolute Gasteiger partial charge is 0.416 e. The number of nitrogens with zero attached hydrogens (tertiary/aromatic N) is 4. The summed E-state index contributed by atoms with van der Waals surface area (Å²) in [5.74, 6) is -1.24. The van der Waals surface area contributed by atoms with Crippen LogP contribution >= 0.6 is 0 Å². The number of nitrogen functional groups attached to an aromatic ring is 1. The summed E-state index contributed by atoms with van der Waals surface area (Å²) in [6.45, 7) is -0.0437. The molecule has 1 aliphatic rings. The Morgan fingerprint density at radius 1 is 1.25 bits per heavy atom. The Morgan fingerprint density at radius 3 is 2.78 bits per heavy atom. The van der Waals surface area contributed by atoms with E-state index in [1.165, 1.54) is 36.6 Å². The van der Waals surface area contributed by atoms with E-state index in [0.29, 0.717) is 16.6 Å². The molecule has 1 aliphatic heterocycles. The number of carbonyl (C=O) groups excluding carboxylic acids is 1. The summed E-state index contributed by atoms with van der Waals surface area (Å²) in [5, 5.41) is 0. The summed E-state index contributed by atoms with van der Waals surface area (Å²) in [6.07, 6.45) is -1.53. The largest absolute Gasteiger partial charge is 0.491 e. The number of carbonyl (C=O) groups is 1. The molecule has 3 heterocycles. The van der Waals surface area contributed by atoms with Gasteiger partial charge in [0.25, 0.3) is 5.91 Å². The standard InChI is InChI=1S/C21H15F4N5O2/c1-29(17-8-32-18-4-10(21(23,24)25)2-3-11(17)18)20(31)12-5-15-14(6-13(12)22)28-19(26)16-7-27-9-30(15)16/h2-7,9,17H,8H2,1H3,(H2,26,28)/t17-/m1/s1. The van der Waals surface area contributed by atoms with E-state index in [-0.39, 0.29) is 29.3 Å². The van der Waals surface area contributed by atoms with Crippen LogP contribution in [0.15, 0.2) is 42.9 Å². The molecule has 0 saturated carbocycles. The van der Waals surface area contributed by atoms with E-state index >= 15 is 0 Å². The number of likely N-dealkylation sites (N-methyl/N-ethyl adjacent to an activating group) is 1. The van der Waals surface area contributed by atoms with E-state index in [1.54, 1.807) is 4.40 Å². The van der Waals surface area contributed by atoms with Gasteiger partial charge in [-0.3, -0.25) is 9.20 Å². The van der Waals surface area contributed by atoms with Crippen LogP contribution in [0.2, 0.25) is 0 Å². The number of fused-ring (bicyclic) bond motifs is 4. The van der Waals surface area contributed by atoms with Gasteiger partial charge in [0.05, 0.1) is 40.7 Å². The molecule has 11 heteroatoms. The van der Waals surface area contributed by atoms with Gasteiger partial charge >= 0.3 is 6.18 Å². The first kappa shape index (κ1) is 20.0. The van der Waals surface area contributed by atoms with Gasteiger partial charge in [-0.2, -0.15) is 13.2 Å². The molecule has 2 N–H and O–H groups in total. The Kier molecular flexibility index (Phi) is 4.26. The van der Waals surface area contributed by atoms with Crippen LogP contribution in [0.1, 0.15) is 27.5 Å². The molecule has 7 nitrogen and oxygen atoms in total. The van der Waals surface area contributed by atoms with Gasteiger partial charge in [0.15, 0.2) is 0 Å². The van der Waals surface area contributed by atoms with Crippen molar-refractivity contribution in [3.8, 4) is 5.75 Å². The molecule has 2 aromatic carbocycles. The van der Waals surface area contributed by atoms with Gasteiger partial charge in [-0.05, 0) is 18.2 Å². The summed E-state index contributed by atoms with van der Waals surface area (Å²) in [5.41, 5.74) is 6.42. The van der Waals surface area contributed by atoms with Crippen LogP contribution in [0.25, 0.3) is 16.6 Å². The van der Waals surface area contributed by atoms with Gasteiger partial charge in [0.1, 0.15) is 29.5 Å². The summed E-state index contributed by atoms with van der Waals surface area (Å²) < 4.78 is 60.7. The molecule has 4 aromatic rings. The minimum atomic E-state index is -4.51. The lowest BCUT2D eigenvalue weighted by molar-refractivity contribution is -0.137. The van der Waals surface area contributed by atoms with Gasteiger partial charge in [-0.1, -0.05) is 6.07 Å². The van der Waals surface area contributed by atoms with Crippen LogP contribution in [-0.4, -0.2) is 38.8 Å². The summed E-state index contributed by atoms with van der Waals surface area (Å²) in [6, 6.07) is 4.90. The van der Waals surface area contributed by atoms with Crippen LogP contribution in [0.3, 0.4) is 0 Å². The zero-order chi connectivity index (χ0) is 22.8. The van der Waals surface area contributed by atoms with Gasteiger partial charge in [-0.25, -0.2) is 14.4 Å². The first-order valence-electron chi connectivity index (χ1n) is 9.47. The SMILES string of the molecule is CN(C(=O)c1cc2c(cc1F)nc(N)c1cncn12)[C@@H]1COc2cc(C(F)(F)F)ccc21. The average molecular weight is 445 g/mol. The Balaban J connectivity index is 1.53. The minimum Gasteiger partial charge on any atom is -0.491 e. The van der Waals surface area contributed by atoms with E-state index < -0.39 is 29.5 Å². The number of imidazole rings is 1. The minimum absolute atomic E-state index is 0.0437. The van der Waals surface area contributed by atoms with E-state index in [2.05, 4.69) is 9.97 Å². The van der Waals surface area contributed by atoms with Crippen LogP contribution < -0.4 is 10.5 Å². The monoisotopic (exact) mass is 445 g/mol. The second-order valence-electron chi connectivity index (χ2n) is 7.46. The number of nitrogens with two attached hydrogens (primary N) is 1. The Labute approximate surface area is 178 Å². The molecule has 0 aliphatic carbocycles. The lowest BCUT2D eigenvalue weighted by Gasteiger charge is -2.24. The van der Waals surface area contributed by atoms with Crippen LogP contribution in [0, 0.1) is 5.82 Å². The van der Waals surface area contributed by atoms with E-state index in [1.807, 2.05) is 0 Å². The zero-order valence-corrected chi connectivity index (χ0v) is 16.5. The lowest BCUT2D eigenvalue weighted by atomic mass is 10.0. The van der Waals surface area contributed by atoms with Crippen molar-refractivity contribution in [1.82, 2.24) is 19.3 Å². The molecular formula is C21H15F4N5O2. The maximum Gasteiger partial charge on any atom is 0.416 e. The molecule has 32 heavy (non-hydrogen) atoms. The number of halogens is 4. The Morgan fingerprint density at radius 2 is 2.03 bits per heavy atom. The number of alkyl halides is 3. The summed E-state index contributed by atoms with van der Waals surface area (Å²) >= 11 is 0. The highest BCUT2D eigenvalue weighted by Crippen LogP contribution is 2.40. The van der Waals surface area contributed by atoms with Gasteiger partial charge in [0.2, 0.25) is 0 Å². The predicted octanol–water partition coefficient (Wildman–Crippen LogP) is 3.83. The topological polar surface area (TPSA) is 85.8 Å². The molecule has 0 fully saturated rings. The van der Waals surface area contributed by atoms with Gasteiger partial charge in [-0.15, -0.1) is 0 Å². The third-order valence-electron chi connectivity index (χ3n) is 5.58. The van der Waals surface area contributed by atoms with E-state index in [9.17, 15) is 22.4 Å². The van der Waals surface area contributed by atoms with Gasteiger partial charge < -0.3 is 15.4 Å². The number of amides is 1. The Hall–Kier alpha value is -3.89. The van der Waals surface area contributed by atoms with Crippen LogP contribution in [0.5, 0.6) is 5.75 Å². The highest BCUT2D eigenvalue weighted by molar-refractivity contribution is 5.98. The predicted molar refractivity (Wildman–Crippen MR) is 107 cm³/mol. The maximum atomic E-state index is 14.8. The number of hydrogen-bond donors (Lipinski definition) is 1. The Bertz CT molecular complexity index is 1400. The average Bonchev–Trinajstić information content (AvgIpc) is 3.39. The van der Waals surface area contributed by atoms with E-state index in [4.69, 9.17) is 10.5 Å². The van der Waals surface area contributed by atoms with Crippen LogP contribution in [-0.2, 0) is 6.18 Å². The van der Waals surface area contributed by atoms with Crippen molar-refractivity contribution in [3.63, 3.8) is 0 Å². The molecule has 0 saturated heterocycles. The van der Waals surface area contributed by atoms with Gasteiger partial charge in [0, 0.05) is 18.7 Å². The fraction of sp³-hybridized carbons (Fsp3) is 0.190. The molecule has 164 valence electrons. The number of aromatic nitrogens is 3.